The second-order valence-corrected chi connectivity index (χ2v) is 4.15. The zero-order chi connectivity index (χ0) is 12.1. The van der Waals surface area contributed by atoms with Gasteiger partial charge in [-0.25, -0.2) is 4.79 Å². The molecule has 0 unspecified atom stereocenters. The molecule has 2 rings (SSSR count). The van der Waals surface area contributed by atoms with Crippen molar-refractivity contribution in [2.75, 3.05) is 24.5 Å². The number of carbonyl (C=O) groups excluding carboxylic acids is 1. The van der Waals surface area contributed by atoms with Gasteiger partial charge in [0.25, 0.3) is 0 Å². The maximum absolute atomic E-state index is 11.8. The minimum atomic E-state index is 0.0141. The van der Waals surface area contributed by atoms with Crippen LogP contribution in [0, 0.1) is 0 Å². The van der Waals surface area contributed by atoms with E-state index in [1.54, 1.807) is 0 Å². The van der Waals surface area contributed by atoms with Gasteiger partial charge in [-0.15, -0.1) is 0 Å². The van der Waals surface area contributed by atoms with Gasteiger partial charge in [-0.05, 0) is 24.6 Å². The molecule has 1 saturated heterocycles. The first-order valence-corrected chi connectivity index (χ1v) is 6.17. The monoisotopic (exact) mass is 233 g/mol. The number of anilines is 1. The summed E-state index contributed by atoms with van der Waals surface area (Å²) in [6, 6.07) is 8.09. The SMILES string of the molecule is CCNCc1ccccc1N1CCCNC1=O. The van der Waals surface area contributed by atoms with Crippen molar-refractivity contribution in [2.45, 2.75) is 19.9 Å². The van der Waals surface area contributed by atoms with Gasteiger partial charge in [0.05, 0.1) is 0 Å². The molecule has 2 N–H and O–H groups in total. The van der Waals surface area contributed by atoms with Crippen molar-refractivity contribution in [1.29, 1.82) is 0 Å². The van der Waals surface area contributed by atoms with Crippen molar-refractivity contribution in [3.05, 3.63) is 29.8 Å². The Kier molecular flexibility index (Phi) is 3.98. The van der Waals surface area contributed by atoms with E-state index in [-0.39, 0.29) is 6.03 Å². The normalized spacial score (nSPS) is 15.8. The van der Waals surface area contributed by atoms with E-state index >= 15 is 0 Å². The minimum Gasteiger partial charge on any atom is -0.338 e. The average molecular weight is 233 g/mol. The predicted molar refractivity (Wildman–Crippen MR) is 69.2 cm³/mol. The molecule has 1 heterocycles. The van der Waals surface area contributed by atoms with Crippen molar-refractivity contribution in [3.63, 3.8) is 0 Å². The van der Waals surface area contributed by atoms with E-state index in [9.17, 15) is 4.79 Å². The minimum absolute atomic E-state index is 0.0141. The Bertz CT molecular complexity index is 392. The number of carbonyl (C=O) groups is 1. The standard InChI is InChI=1S/C13H19N3O/c1-2-14-10-11-6-3-4-7-12(11)16-9-5-8-15-13(16)17/h3-4,6-7,14H,2,5,8-10H2,1H3,(H,15,17). The maximum Gasteiger partial charge on any atom is 0.321 e. The van der Waals surface area contributed by atoms with E-state index < -0.39 is 0 Å². The summed E-state index contributed by atoms with van der Waals surface area (Å²) < 4.78 is 0. The van der Waals surface area contributed by atoms with E-state index in [0.717, 1.165) is 38.3 Å². The van der Waals surface area contributed by atoms with Crippen LogP contribution in [0.2, 0.25) is 0 Å². The number of nitrogens with zero attached hydrogens (tertiary/aromatic N) is 1. The molecule has 4 heteroatoms. The lowest BCUT2D eigenvalue weighted by atomic mass is 10.1. The van der Waals surface area contributed by atoms with E-state index in [2.05, 4.69) is 23.6 Å². The molecule has 0 aliphatic carbocycles. The van der Waals surface area contributed by atoms with Crippen LogP contribution in [0.1, 0.15) is 18.9 Å². The smallest absolute Gasteiger partial charge is 0.321 e. The third-order valence-corrected chi connectivity index (χ3v) is 2.93. The Morgan fingerprint density at radius 1 is 1.41 bits per heavy atom. The molecular weight excluding hydrogens is 214 g/mol. The fraction of sp³-hybridized carbons (Fsp3) is 0.462. The number of nitrogens with one attached hydrogen (secondary N) is 2. The van der Waals surface area contributed by atoms with Gasteiger partial charge in [0, 0.05) is 25.3 Å². The highest BCUT2D eigenvalue weighted by Crippen LogP contribution is 2.21. The molecule has 1 fully saturated rings. The number of para-hydroxylation sites is 1. The number of benzene rings is 1. The largest absolute Gasteiger partial charge is 0.338 e. The summed E-state index contributed by atoms with van der Waals surface area (Å²) in [5.41, 5.74) is 2.19. The number of hydrogen-bond acceptors (Lipinski definition) is 2. The number of hydrogen-bond donors (Lipinski definition) is 2. The van der Waals surface area contributed by atoms with Gasteiger partial charge < -0.3 is 10.6 Å². The Labute approximate surface area is 102 Å². The van der Waals surface area contributed by atoms with Crippen molar-refractivity contribution < 1.29 is 4.79 Å². The van der Waals surface area contributed by atoms with Gasteiger partial charge in [-0.3, -0.25) is 4.90 Å². The Morgan fingerprint density at radius 3 is 3.00 bits per heavy atom. The third kappa shape index (κ3) is 2.77. The lowest BCUT2D eigenvalue weighted by Gasteiger charge is -2.29. The summed E-state index contributed by atoms with van der Waals surface area (Å²) in [6.07, 6.45) is 1.00. The summed E-state index contributed by atoms with van der Waals surface area (Å²) >= 11 is 0. The molecule has 0 aromatic heterocycles. The van der Waals surface area contributed by atoms with Crippen LogP contribution >= 0.6 is 0 Å². The van der Waals surface area contributed by atoms with Crippen LogP contribution in [-0.2, 0) is 6.54 Å². The molecule has 0 spiro atoms. The highest BCUT2D eigenvalue weighted by molar-refractivity contribution is 5.93. The molecule has 1 aromatic rings. The second-order valence-electron chi connectivity index (χ2n) is 4.15. The Morgan fingerprint density at radius 2 is 2.24 bits per heavy atom. The fourth-order valence-corrected chi connectivity index (χ4v) is 2.04. The van der Waals surface area contributed by atoms with Crippen molar-refractivity contribution >= 4 is 11.7 Å². The molecule has 17 heavy (non-hydrogen) atoms. The van der Waals surface area contributed by atoms with Crippen LogP contribution in [0.5, 0.6) is 0 Å². The van der Waals surface area contributed by atoms with Gasteiger partial charge in [-0.1, -0.05) is 25.1 Å². The van der Waals surface area contributed by atoms with Gasteiger partial charge in [0.1, 0.15) is 0 Å². The molecule has 1 aromatic carbocycles. The number of rotatable bonds is 4. The van der Waals surface area contributed by atoms with Crippen LogP contribution in [-0.4, -0.2) is 25.7 Å². The summed E-state index contributed by atoms with van der Waals surface area (Å²) in [5, 5.41) is 6.18. The Balaban J connectivity index is 2.20. The van der Waals surface area contributed by atoms with Gasteiger partial charge in [-0.2, -0.15) is 0 Å². The molecule has 0 bridgehead atoms. The van der Waals surface area contributed by atoms with Gasteiger partial charge >= 0.3 is 6.03 Å². The van der Waals surface area contributed by atoms with Gasteiger partial charge in [0.2, 0.25) is 0 Å². The van der Waals surface area contributed by atoms with E-state index in [1.807, 2.05) is 23.1 Å². The molecule has 1 aliphatic heterocycles. The van der Waals surface area contributed by atoms with E-state index in [1.165, 1.54) is 5.56 Å². The molecule has 0 saturated carbocycles. The molecule has 1 aliphatic rings. The van der Waals surface area contributed by atoms with E-state index in [4.69, 9.17) is 0 Å². The Hall–Kier alpha value is -1.55. The highest BCUT2D eigenvalue weighted by atomic mass is 16.2. The van der Waals surface area contributed by atoms with Crippen LogP contribution in [0.25, 0.3) is 0 Å². The first-order chi connectivity index (χ1) is 8.33. The first kappa shape index (κ1) is 11.9. The molecule has 92 valence electrons. The lowest BCUT2D eigenvalue weighted by molar-refractivity contribution is 0.243. The van der Waals surface area contributed by atoms with Crippen molar-refractivity contribution in [1.82, 2.24) is 10.6 Å². The second kappa shape index (κ2) is 5.68. The zero-order valence-corrected chi connectivity index (χ0v) is 10.2. The molecule has 4 nitrogen and oxygen atoms in total. The zero-order valence-electron chi connectivity index (χ0n) is 10.2. The number of amides is 2. The topological polar surface area (TPSA) is 44.4 Å². The molecule has 0 atom stereocenters. The fourth-order valence-electron chi connectivity index (χ4n) is 2.04. The van der Waals surface area contributed by atoms with Crippen LogP contribution in [0.4, 0.5) is 10.5 Å². The highest BCUT2D eigenvalue weighted by Gasteiger charge is 2.20. The first-order valence-electron chi connectivity index (χ1n) is 6.17. The van der Waals surface area contributed by atoms with Gasteiger partial charge in [0.15, 0.2) is 0 Å². The van der Waals surface area contributed by atoms with Crippen LogP contribution in [0.3, 0.4) is 0 Å². The number of urea groups is 1. The van der Waals surface area contributed by atoms with Crippen LogP contribution in [0.15, 0.2) is 24.3 Å². The maximum atomic E-state index is 11.8. The third-order valence-electron chi connectivity index (χ3n) is 2.93. The lowest BCUT2D eigenvalue weighted by Crippen LogP contribution is -2.47. The average Bonchev–Trinajstić information content (AvgIpc) is 2.37. The summed E-state index contributed by atoms with van der Waals surface area (Å²) in [7, 11) is 0. The summed E-state index contributed by atoms with van der Waals surface area (Å²) in [4.78, 5) is 13.6. The molecule has 0 radical (unpaired) electrons. The van der Waals surface area contributed by atoms with E-state index in [0.29, 0.717) is 0 Å². The molecule has 2 amide bonds. The predicted octanol–water partition coefficient (Wildman–Crippen LogP) is 1.72. The summed E-state index contributed by atoms with van der Waals surface area (Å²) in [5.74, 6) is 0. The van der Waals surface area contributed by atoms with Crippen molar-refractivity contribution in [2.24, 2.45) is 0 Å². The summed E-state index contributed by atoms with van der Waals surface area (Å²) in [6.45, 7) is 5.40. The van der Waals surface area contributed by atoms with Crippen LogP contribution < -0.4 is 15.5 Å². The van der Waals surface area contributed by atoms with Crippen molar-refractivity contribution in [3.8, 4) is 0 Å². The quantitative estimate of drug-likeness (QED) is 0.831. The molecular formula is C13H19N3O.